The first-order valence-electron chi connectivity index (χ1n) is 9.07. The molecule has 3 heteroatoms. The Labute approximate surface area is 154 Å². The molecule has 0 saturated heterocycles. The Kier molecular flexibility index (Phi) is 4.17. The summed E-state index contributed by atoms with van der Waals surface area (Å²) in [5.74, 6) is -0.217. The molecule has 0 heterocycles. The van der Waals surface area contributed by atoms with Crippen LogP contribution in [0.15, 0.2) is 91.0 Å². The van der Waals surface area contributed by atoms with Gasteiger partial charge in [0, 0.05) is 0 Å². The zero-order valence-corrected chi connectivity index (χ0v) is 15.8. The SMILES string of the molecule is CC(=O)OP(c1ccccc1)(c1ccccc1)(c1ccccc1)C1CC1. The molecule has 1 aliphatic rings. The maximum atomic E-state index is 12.5. The van der Waals surface area contributed by atoms with Crippen molar-refractivity contribution in [3.63, 3.8) is 0 Å². The van der Waals surface area contributed by atoms with E-state index in [-0.39, 0.29) is 5.97 Å². The van der Waals surface area contributed by atoms with Crippen LogP contribution in [0.3, 0.4) is 0 Å². The van der Waals surface area contributed by atoms with E-state index in [0.717, 1.165) is 28.8 Å². The molecule has 0 aliphatic heterocycles. The molecule has 0 unspecified atom stereocenters. The fraction of sp³-hybridized carbons (Fsp3) is 0.174. The van der Waals surface area contributed by atoms with Gasteiger partial charge in [0.1, 0.15) is 0 Å². The molecule has 1 saturated carbocycles. The first-order chi connectivity index (χ1) is 12.7. The van der Waals surface area contributed by atoms with Crippen molar-refractivity contribution in [2.45, 2.75) is 25.4 Å². The summed E-state index contributed by atoms with van der Waals surface area (Å²) < 4.78 is 6.60. The van der Waals surface area contributed by atoms with Gasteiger partial charge in [0.25, 0.3) is 0 Å². The monoisotopic (exact) mass is 362 g/mol. The van der Waals surface area contributed by atoms with Crippen LogP contribution >= 0.6 is 6.83 Å². The molecule has 132 valence electrons. The quantitative estimate of drug-likeness (QED) is 0.637. The van der Waals surface area contributed by atoms with E-state index in [4.69, 9.17) is 4.52 Å². The van der Waals surface area contributed by atoms with Gasteiger partial charge in [-0.2, -0.15) is 0 Å². The second-order valence-electron chi connectivity index (χ2n) is 6.92. The number of hydrogen-bond acceptors (Lipinski definition) is 2. The van der Waals surface area contributed by atoms with Gasteiger partial charge in [-0.05, 0) is 0 Å². The molecule has 0 radical (unpaired) electrons. The van der Waals surface area contributed by atoms with Crippen LogP contribution in [0.2, 0.25) is 0 Å². The fourth-order valence-electron chi connectivity index (χ4n) is 4.32. The summed E-state index contributed by atoms with van der Waals surface area (Å²) in [5, 5.41) is 3.40. The first-order valence-corrected chi connectivity index (χ1v) is 11.3. The Balaban J connectivity index is 2.19. The Morgan fingerprint density at radius 3 is 1.35 bits per heavy atom. The third-order valence-corrected chi connectivity index (χ3v) is 11.9. The van der Waals surface area contributed by atoms with Gasteiger partial charge in [-0.25, -0.2) is 0 Å². The van der Waals surface area contributed by atoms with Crippen molar-refractivity contribution >= 4 is 28.7 Å². The van der Waals surface area contributed by atoms with Crippen molar-refractivity contribution in [2.75, 3.05) is 0 Å². The van der Waals surface area contributed by atoms with Crippen molar-refractivity contribution in [2.24, 2.45) is 0 Å². The Bertz CT molecular complexity index is 803. The van der Waals surface area contributed by atoms with E-state index in [0.29, 0.717) is 5.66 Å². The number of carbonyl (C=O) groups excluding carboxylic acids is 1. The maximum absolute atomic E-state index is 12.5. The van der Waals surface area contributed by atoms with Crippen molar-refractivity contribution < 1.29 is 9.32 Å². The number of hydrogen-bond donors (Lipinski definition) is 0. The van der Waals surface area contributed by atoms with E-state index in [1.165, 1.54) is 0 Å². The molecule has 0 atom stereocenters. The molecule has 3 aromatic rings. The van der Waals surface area contributed by atoms with Gasteiger partial charge in [-0.15, -0.1) is 0 Å². The van der Waals surface area contributed by atoms with Crippen molar-refractivity contribution in [1.82, 2.24) is 0 Å². The summed E-state index contributed by atoms with van der Waals surface area (Å²) in [6, 6.07) is 31.2. The van der Waals surface area contributed by atoms with E-state index < -0.39 is 6.83 Å². The van der Waals surface area contributed by atoms with Crippen LogP contribution in [-0.2, 0) is 9.32 Å². The molecule has 0 aromatic heterocycles. The van der Waals surface area contributed by atoms with Crippen LogP contribution in [-0.4, -0.2) is 11.6 Å². The molecule has 0 N–H and O–H groups in total. The van der Waals surface area contributed by atoms with Crippen LogP contribution in [0, 0.1) is 0 Å². The van der Waals surface area contributed by atoms with Gasteiger partial charge < -0.3 is 0 Å². The molecule has 3 aromatic carbocycles. The van der Waals surface area contributed by atoms with Crippen molar-refractivity contribution in [1.29, 1.82) is 0 Å². The number of benzene rings is 3. The number of rotatable bonds is 5. The Hall–Kier alpha value is -2.44. The van der Waals surface area contributed by atoms with Gasteiger partial charge in [0.15, 0.2) is 0 Å². The average molecular weight is 362 g/mol. The van der Waals surface area contributed by atoms with Gasteiger partial charge in [-0.1, -0.05) is 0 Å². The van der Waals surface area contributed by atoms with Crippen LogP contribution in [0.25, 0.3) is 0 Å². The van der Waals surface area contributed by atoms with E-state index in [1.54, 1.807) is 6.92 Å². The fourth-order valence-corrected chi connectivity index (χ4v) is 10.9. The normalized spacial score (nSPS) is 15.7. The summed E-state index contributed by atoms with van der Waals surface area (Å²) in [6.45, 7) is -1.83. The molecule has 0 amide bonds. The molecule has 4 rings (SSSR count). The van der Waals surface area contributed by atoms with E-state index in [2.05, 4.69) is 72.8 Å². The second-order valence-corrected chi connectivity index (χ2v) is 11.6. The zero-order chi connectivity index (χ0) is 18.1. The summed E-state index contributed by atoms with van der Waals surface area (Å²) in [5.41, 5.74) is 0.331. The molecule has 26 heavy (non-hydrogen) atoms. The Morgan fingerprint density at radius 1 is 0.731 bits per heavy atom. The summed E-state index contributed by atoms with van der Waals surface area (Å²) in [7, 11) is 0. The third-order valence-electron chi connectivity index (χ3n) is 5.37. The first kappa shape index (κ1) is 17.0. The van der Waals surface area contributed by atoms with Crippen molar-refractivity contribution in [3.8, 4) is 0 Å². The molecule has 1 aliphatic carbocycles. The van der Waals surface area contributed by atoms with Gasteiger partial charge in [-0.3, -0.25) is 0 Å². The zero-order valence-electron chi connectivity index (χ0n) is 14.9. The average Bonchev–Trinajstić information content (AvgIpc) is 3.54. The number of carbonyl (C=O) groups is 1. The standard InChI is InChI=1S/C23H23O2P/c1-19(24)25-26(23-17-18-23,20-11-5-2-6-12-20,21-13-7-3-8-14-21)22-15-9-4-10-16-22/h2-16,23H,17-18H2,1H3. The van der Waals surface area contributed by atoms with Crippen LogP contribution in [0.4, 0.5) is 0 Å². The molecule has 1 fully saturated rings. The van der Waals surface area contributed by atoms with Crippen LogP contribution < -0.4 is 15.9 Å². The Morgan fingerprint density at radius 2 is 1.08 bits per heavy atom. The second kappa shape index (κ2) is 6.37. The minimum atomic E-state index is -3.37. The van der Waals surface area contributed by atoms with Crippen molar-refractivity contribution in [3.05, 3.63) is 91.0 Å². The van der Waals surface area contributed by atoms with E-state index in [9.17, 15) is 4.79 Å². The predicted octanol–water partition coefficient (Wildman–Crippen LogP) is 4.16. The van der Waals surface area contributed by atoms with Gasteiger partial charge in [0.05, 0.1) is 0 Å². The molecular formula is C23H23O2P. The summed E-state index contributed by atoms with van der Waals surface area (Å²) in [4.78, 5) is 12.5. The van der Waals surface area contributed by atoms with Crippen LogP contribution in [0.5, 0.6) is 0 Å². The van der Waals surface area contributed by atoms with E-state index >= 15 is 0 Å². The molecule has 0 spiro atoms. The molecule has 2 nitrogen and oxygen atoms in total. The topological polar surface area (TPSA) is 26.3 Å². The van der Waals surface area contributed by atoms with Gasteiger partial charge in [0.2, 0.25) is 0 Å². The minimum absolute atomic E-state index is 0.217. The third kappa shape index (κ3) is 2.33. The van der Waals surface area contributed by atoms with Crippen LogP contribution in [0.1, 0.15) is 19.8 Å². The van der Waals surface area contributed by atoms with E-state index in [1.807, 2.05) is 18.2 Å². The predicted molar refractivity (Wildman–Crippen MR) is 110 cm³/mol. The molecular weight excluding hydrogens is 339 g/mol. The van der Waals surface area contributed by atoms with Gasteiger partial charge >= 0.3 is 154 Å². The molecule has 0 bridgehead atoms. The summed E-state index contributed by atoms with van der Waals surface area (Å²) >= 11 is 0. The summed E-state index contributed by atoms with van der Waals surface area (Å²) in [6.07, 6.45) is 2.15.